The maximum atomic E-state index is 14.2. The average Bonchev–Trinajstić information content (AvgIpc) is 0.772. The van der Waals surface area contributed by atoms with Gasteiger partial charge in [-0.05, 0) is 105 Å². The number of pyridine rings is 1. The van der Waals surface area contributed by atoms with Crippen molar-refractivity contribution >= 4 is 81.6 Å². The molecule has 6 aromatic rings. The van der Waals surface area contributed by atoms with Gasteiger partial charge in [0.1, 0.15) is 46.5 Å². The van der Waals surface area contributed by atoms with Crippen molar-refractivity contribution in [1.29, 1.82) is 0 Å². The van der Waals surface area contributed by atoms with Crippen molar-refractivity contribution in [2.45, 2.75) is 105 Å². The SMILES string of the molecule is CC(C(=O)O)c1c(F)cc(N)cc1F.CC(C(=O)O)c1c(F)cc2ncccc2c1F.CCOC(=O)C(C)(C(=O)OCC)c1c(F)cc(N)cc1F.CCOC(=O)C(C)(C(=O)OCC)c1c(F)cc([N+](=O)[O-])cc1F.CCOC(=O)C(C)CC.O=C=O.O=[N+]([O-])c1cc(F)c(F)c(F)c1. The number of benzene rings is 5. The lowest BCUT2D eigenvalue weighted by Crippen LogP contribution is -2.45. The number of nitrogens with two attached hydrogens (primary N) is 2. The largest absolute Gasteiger partial charge is 0.481 e. The van der Waals surface area contributed by atoms with Crippen LogP contribution in [0.5, 0.6) is 0 Å². The number of nitrogen functional groups attached to an aromatic ring is 2. The molecule has 0 fully saturated rings. The standard InChI is InChI=1S/C14H15F2NO6.C14H17F2NO4.C12H9F2NO2.C9H9F2NO2.C7H14O2.C6H2F3NO2.CO2/c1-4-22-12(18)14(3,13(19)23-5-2)11-9(15)6-8(17(20)21)7-10(11)16;1-4-20-12(18)14(3,13(19)21-5-2)11-9(15)6-8(17)7-10(11)16;1-6(12(16)17)10-8(13)5-9-7(11(10)14)3-2-4-15-9;1-4(9(13)14)8-6(10)2-5(12)3-7(8)11;1-4-6(3)7(8)9-5-2;7-4-1-3(10(11)12)2-5(8)6(4)9;2-1-3/h6-7H,4-5H2,1-3H3;6-7H,4-5,17H2,1-3H3;2-6H,1H3,(H,16,17);2-4H,12H2,1H3,(H,13,14);6H,4-5H2,1-3H3;1-2H;. The van der Waals surface area contributed by atoms with Crippen LogP contribution in [-0.4, -0.2) is 106 Å². The lowest BCUT2D eigenvalue weighted by Gasteiger charge is -2.26. The number of rotatable bonds is 19. The first-order valence-corrected chi connectivity index (χ1v) is 28.5. The monoisotopic (exact) mass is 1420 g/mol. The fourth-order valence-corrected chi connectivity index (χ4v) is 7.82. The summed E-state index contributed by atoms with van der Waals surface area (Å²) < 4.78 is 171. The van der Waals surface area contributed by atoms with E-state index < -0.39 is 166 Å². The number of aromatic nitrogens is 1. The second kappa shape index (κ2) is 41.0. The molecule has 6 N–H and O–H groups in total. The van der Waals surface area contributed by atoms with Crippen molar-refractivity contribution < 1.29 is 135 Å². The summed E-state index contributed by atoms with van der Waals surface area (Å²) in [6.45, 7) is 16.2. The van der Waals surface area contributed by atoms with Gasteiger partial charge in [0.25, 0.3) is 11.4 Å². The molecule has 5 aromatic carbocycles. The first-order valence-electron chi connectivity index (χ1n) is 28.5. The van der Waals surface area contributed by atoms with Gasteiger partial charge in [-0.1, -0.05) is 13.8 Å². The second-order valence-corrected chi connectivity index (χ2v) is 19.8. The number of non-ortho nitro benzene ring substituents is 2. The second-order valence-electron chi connectivity index (χ2n) is 19.8. The van der Waals surface area contributed by atoms with Gasteiger partial charge in [0.2, 0.25) is 0 Å². The molecule has 6 rings (SSSR count). The molecule has 36 heteroatoms. The Balaban J connectivity index is 0.00000118. The van der Waals surface area contributed by atoms with Gasteiger partial charge in [-0.25, -0.2) is 48.3 Å². The predicted octanol–water partition coefficient (Wildman–Crippen LogP) is 11.6. The summed E-state index contributed by atoms with van der Waals surface area (Å²) in [4.78, 5) is 119. The molecular formula is C63H66F11N5O20. The van der Waals surface area contributed by atoms with Gasteiger partial charge in [-0.15, -0.1) is 0 Å². The Kier molecular flexibility index (Phi) is 36.4. The molecule has 25 nitrogen and oxygen atoms in total. The number of nitrogens with zero attached hydrogens (tertiary/aromatic N) is 3. The molecule has 0 bridgehead atoms. The van der Waals surface area contributed by atoms with Crippen LogP contribution in [-0.2, 0) is 77.7 Å². The van der Waals surface area contributed by atoms with Crippen molar-refractivity contribution in [1.82, 2.24) is 4.98 Å². The Hall–Kier alpha value is -11.2. The number of aliphatic carboxylic acids is 2. The fourth-order valence-electron chi connectivity index (χ4n) is 7.82. The third kappa shape index (κ3) is 24.1. The van der Waals surface area contributed by atoms with Crippen molar-refractivity contribution in [2.75, 3.05) is 44.5 Å². The summed E-state index contributed by atoms with van der Waals surface area (Å²) in [6, 6.07) is 8.95. The van der Waals surface area contributed by atoms with E-state index in [9.17, 15) is 102 Å². The smallest absolute Gasteiger partial charge is 0.373 e. The van der Waals surface area contributed by atoms with E-state index in [0.29, 0.717) is 30.9 Å². The Morgan fingerprint density at radius 1 is 0.505 bits per heavy atom. The van der Waals surface area contributed by atoms with Gasteiger partial charge < -0.3 is 45.4 Å². The molecule has 0 spiro atoms. The van der Waals surface area contributed by atoms with E-state index >= 15 is 0 Å². The summed E-state index contributed by atoms with van der Waals surface area (Å²) in [5, 5.41) is 38.1. The predicted molar refractivity (Wildman–Crippen MR) is 324 cm³/mol. The molecule has 99 heavy (non-hydrogen) atoms. The maximum absolute atomic E-state index is 14.2. The van der Waals surface area contributed by atoms with Crippen LogP contribution in [0.3, 0.4) is 0 Å². The van der Waals surface area contributed by atoms with Gasteiger partial charge in [0.15, 0.2) is 28.3 Å². The molecule has 0 radical (unpaired) electrons. The number of carboxylic acids is 2. The number of nitro groups is 2. The highest BCUT2D eigenvalue weighted by atomic mass is 19.2. The Bertz CT molecular complexity index is 3790. The molecule has 0 aliphatic heterocycles. The van der Waals surface area contributed by atoms with Crippen LogP contribution in [0.4, 0.5) is 71.0 Å². The zero-order valence-electron chi connectivity index (χ0n) is 54.3. The number of halogens is 11. The molecule has 3 atom stereocenters. The average molecular weight is 1420 g/mol. The first-order chi connectivity index (χ1) is 46.1. The van der Waals surface area contributed by atoms with Gasteiger partial charge in [0, 0.05) is 40.2 Å². The highest BCUT2D eigenvalue weighted by molar-refractivity contribution is 6.07. The minimum Gasteiger partial charge on any atom is -0.481 e. The number of carbonyl (C=O) groups is 7. The van der Waals surface area contributed by atoms with Gasteiger partial charge in [0.05, 0.1) is 102 Å². The molecule has 1 heterocycles. The summed E-state index contributed by atoms with van der Waals surface area (Å²) >= 11 is 0. The number of esters is 5. The van der Waals surface area contributed by atoms with Crippen LogP contribution >= 0.6 is 0 Å². The summed E-state index contributed by atoms with van der Waals surface area (Å²) in [5.74, 6) is -23.2. The van der Waals surface area contributed by atoms with Gasteiger partial charge >= 0.3 is 47.9 Å². The molecule has 0 amide bonds. The summed E-state index contributed by atoms with van der Waals surface area (Å²) in [6.07, 6.45) is 2.53. The number of hydrogen-bond donors (Lipinski definition) is 4. The molecule has 1 aromatic heterocycles. The number of anilines is 2. The summed E-state index contributed by atoms with van der Waals surface area (Å²) in [7, 11) is 0. The number of nitro benzene ring substituents is 2. The number of fused-ring (bicyclic) bond motifs is 1. The van der Waals surface area contributed by atoms with E-state index in [1.807, 2.05) is 20.8 Å². The summed E-state index contributed by atoms with van der Waals surface area (Å²) in [5.41, 5.74) is 1.52. The number of hydrogen-bond acceptors (Lipinski definition) is 21. The van der Waals surface area contributed by atoms with E-state index in [1.54, 1.807) is 0 Å². The zero-order chi connectivity index (χ0) is 76.7. The van der Waals surface area contributed by atoms with E-state index in [0.717, 1.165) is 50.6 Å². The van der Waals surface area contributed by atoms with Crippen molar-refractivity contribution in [2.24, 2.45) is 5.92 Å². The molecule has 0 saturated heterocycles. The van der Waals surface area contributed by atoms with E-state index in [1.165, 1.54) is 59.9 Å². The molecule has 0 aliphatic carbocycles. The normalized spacial score (nSPS) is 11.3. The van der Waals surface area contributed by atoms with E-state index in [-0.39, 0.29) is 66.7 Å². The van der Waals surface area contributed by atoms with E-state index in [2.05, 4.69) is 4.98 Å². The number of ether oxygens (including phenoxy) is 5. The molecular weight excluding hydrogens is 1360 g/mol. The van der Waals surface area contributed by atoms with Crippen molar-refractivity contribution in [3.05, 3.63) is 179 Å². The quantitative estimate of drug-likeness (QED) is 0.00855. The highest BCUT2D eigenvalue weighted by Gasteiger charge is 2.51. The maximum Gasteiger partial charge on any atom is 0.373 e. The fraction of sp³-hybridized carbons (Fsp3) is 0.349. The number of carboxylic acid groups (broad SMARTS) is 2. The van der Waals surface area contributed by atoms with Crippen LogP contribution in [0.25, 0.3) is 10.9 Å². The van der Waals surface area contributed by atoms with Crippen LogP contribution in [0.2, 0.25) is 0 Å². The number of carbonyl (C=O) groups excluding carboxylic acids is 7. The minimum absolute atomic E-state index is 0.0496. The molecule has 0 saturated carbocycles. The third-order valence-corrected chi connectivity index (χ3v) is 13.1. The topological polar surface area (TPSA) is 391 Å². The zero-order valence-corrected chi connectivity index (χ0v) is 54.3. The highest BCUT2D eigenvalue weighted by Crippen LogP contribution is 2.36. The molecule has 540 valence electrons. The van der Waals surface area contributed by atoms with Gasteiger partial charge in [-0.3, -0.25) is 58.8 Å². The lowest BCUT2D eigenvalue weighted by molar-refractivity contribution is -0.385. The Labute approximate surface area is 555 Å². The van der Waals surface area contributed by atoms with Crippen molar-refractivity contribution in [3.8, 4) is 0 Å². The minimum atomic E-state index is -2.42. The van der Waals surface area contributed by atoms with Gasteiger partial charge in [-0.2, -0.15) is 9.59 Å². The van der Waals surface area contributed by atoms with E-state index in [4.69, 9.17) is 55.0 Å². The Morgan fingerprint density at radius 3 is 1.12 bits per heavy atom. The first kappa shape index (κ1) is 87.8. The van der Waals surface area contributed by atoms with Crippen LogP contribution < -0.4 is 11.5 Å². The van der Waals surface area contributed by atoms with Crippen LogP contribution in [0.1, 0.15) is 117 Å². The third-order valence-electron chi connectivity index (χ3n) is 13.1. The Morgan fingerprint density at radius 2 is 0.808 bits per heavy atom. The lowest BCUT2D eigenvalue weighted by atomic mass is 9.81. The van der Waals surface area contributed by atoms with Crippen LogP contribution in [0, 0.1) is 90.1 Å². The molecule has 0 aliphatic rings. The van der Waals surface area contributed by atoms with Crippen LogP contribution in [0.15, 0.2) is 72.9 Å². The van der Waals surface area contributed by atoms with Crippen molar-refractivity contribution in [3.63, 3.8) is 0 Å². The molecule has 3 unspecified atom stereocenters.